The predicted molar refractivity (Wildman–Crippen MR) is 52.7 cm³/mol. The zero-order valence-electron chi connectivity index (χ0n) is 8.50. The SMILES string of the molecule is CN1CC2(CCCCN2CCO)C1. The zero-order chi connectivity index (χ0) is 9.31. The number of hydrogen-bond donors (Lipinski definition) is 1. The Morgan fingerprint density at radius 3 is 2.69 bits per heavy atom. The second-order valence-corrected chi connectivity index (χ2v) is 4.56. The van der Waals surface area contributed by atoms with Gasteiger partial charge in [0, 0.05) is 25.2 Å². The van der Waals surface area contributed by atoms with Gasteiger partial charge in [0.1, 0.15) is 0 Å². The maximum Gasteiger partial charge on any atom is 0.0558 e. The summed E-state index contributed by atoms with van der Waals surface area (Å²) in [5.41, 5.74) is 0.440. The topological polar surface area (TPSA) is 26.7 Å². The van der Waals surface area contributed by atoms with Crippen LogP contribution in [0.3, 0.4) is 0 Å². The third-order valence-corrected chi connectivity index (χ3v) is 3.49. The maximum atomic E-state index is 8.98. The fourth-order valence-corrected chi connectivity index (χ4v) is 2.94. The minimum absolute atomic E-state index is 0.311. The fourth-order valence-electron chi connectivity index (χ4n) is 2.94. The Labute approximate surface area is 80.3 Å². The van der Waals surface area contributed by atoms with Crippen LogP contribution in [-0.4, -0.2) is 60.3 Å². The molecule has 76 valence electrons. The summed E-state index contributed by atoms with van der Waals surface area (Å²) in [6.07, 6.45) is 4.01. The first kappa shape index (κ1) is 9.44. The molecular weight excluding hydrogens is 164 g/mol. The largest absolute Gasteiger partial charge is 0.395 e. The molecule has 3 heteroatoms. The van der Waals surface area contributed by atoms with E-state index >= 15 is 0 Å². The molecule has 2 heterocycles. The summed E-state index contributed by atoms with van der Waals surface area (Å²) in [6.45, 7) is 4.77. The molecule has 0 unspecified atom stereocenters. The highest BCUT2D eigenvalue weighted by Crippen LogP contribution is 2.35. The third kappa shape index (κ3) is 1.60. The van der Waals surface area contributed by atoms with Crippen LogP contribution in [0.4, 0.5) is 0 Å². The van der Waals surface area contributed by atoms with Crippen LogP contribution in [0, 0.1) is 0 Å². The van der Waals surface area contributed by atoms with E-state index in [1.54, 1.807) is 0 Å². The molecule has 2 rings (SSSR count). The van der Waals surface area contributed by atoms with Crippen LogP contribution in [0.2, 0.25) is 0 Å². The van der Waals surface area contributed by atoms with Crippen molar-refractivity contribution in [3.8, 4) is 0 Å². The van der Waals surface area contributed by atoms with Crippen molar-refractivity contribution in [3.05, 3.63) is 0 Å². The van der Waals surface area contributed by atoms with Gasteiger partial charge in [-0.05, 0) is 26.4 Å². The second kappa shape index (κ2) is 3.56. The van der Waals surface area contributed by atoms with E-state index in [9.17, 15) is 0 Å². The molecule has 3 nitrogen and oxygen atoms in total. The molecule has 2 saturated heterocycles. The van der Waals surface area contributed by atoms with Gasteiger partial charge in [0.05, 0.1) is 6.61 Å². The number of aliphatic hydroxyl groups excluding tert-OH is 1. The van der Waals surface area contributed by atoms with Gasteiger partial charge in [-0.3, -0.25) is 4.90 Å². The fraction of sp³-hybridized carbons (Fsp3) is 1.00. The van der Waals surface area contributed by atoms with Crippen molar-refractivity contribution in [1.29, 1.82) is 0 Å². The van der Waals surface area contributed by atoms with Crippen molar-refractivity contribution in [2.45, 2.75) is 24.8 Å². The summed E-state index contributed by atoms with van der Waals surface area (Å²) in [5, 5.41) is 8.98. The Balaban J connectivity index is 1.97. The van der Waals surface area contributed by atoms with E-state index in [4.69, 9.17) is 5.11 Å². The Hall–Kier alpha value is -0.120. The van der Waals surface area contributed by atoms with Crippen molar-refractivity contribution < 1.29 is 5.11 Å². The summed E-state index contributed by atoms with van der Waals surface area (Å²) in [7, 11) is 2.18. The molecule has 0 aliphatic carbocycles. The summed E-state index contributed by atoms with van der Waals surface area (Å²) >= 11 is 0. The predicted octanol–water partition coefficient (Wildman–Crippen LogP) is 0.149. The van der Waals surface area contributed by atoms with E-state index in [-0.39, 0.29) is 0 Å². The first-order valence-electron chi connectivity index (χ1n) is 5.31. The average molecular weight is 184 g/mol. The Kier molecular flexibility index (Phi) is 2.58. The Bertz CT molecular complexity index is 170. The van der Waals surface area contributed by atoms with Crippen molar-refractivity contribution >= 4 is 0 Å². The lowest BCUT2D eigenvalue weighted by molar-refractivity contribution is -0.0710. The molecule has 0 aromatic rings. The molecule has 2 fully saturated rings. The van der Waals surface area contributed by atoms with Crippen LogP contribution in [0.15, 0.2) is 0 Å². The van der Waals surface area contributed by atoms with Crippen molar-refractivity contribution in [2.24, 2.45) is 0 Å². The van der Waals surface area contributed by atoms with Gasteiger partial charge in [0.25, 0.3) is 0 Å². The van der Waals surface area contributed by atoms with Crippen LogP contribution in [0.1, 0.15) is 19.3 Å². The van der Waals surface area contributed by atoms with Crippen LogP contribution in [0.25, 0.3) is 0 Å². The van der Waals surface area contributed by atoms with Gasteiger partial charge in [0.15, 0.2) is 0 Å². The molecule has 0 atom stereocenters. The molecule has 2 aliphatic heterocycles. The molecule has 1 N–H and O–H groups in total. The average Bonchev–Trinajstić information content (AvgIpc) is 2.07. The van der Waals surface area contributed by atoms with Crippen LogP contribution >= 0.6 is 0 Å². The maximum absolute atomic E-state index is 8.98. The zero-order valence-corrected chi connectivity index (χ0v) is 8.50. The highest BCUT2D eigenvalue weighted by atomic mass is 16.3. The first-order chi connectivity index (χ1) is 6.27. The second-order valence-electron chi connectivity index (χ2n) is 4.56. The number of likely N-dealkylation sites (tertiary alicyclic amines) is 2. The van der Waals surface area contributed by atoms with Crippen molar-refractivity contribution in [2.75, 3.05) is 39.8 Å². The lowest BCUT2D eigenvalue weighted by Crippen LogP contribution is -2.70. The van der Waals surface area contributed by atoms with Gasteiger partial charge in [-0.2, -0.15) is 0 Å². The molecule has 0 aromatic carbocycles. The number of β-amino-alcohol motifs (C(OH)–C–C–N with tert-alkyl or cyclic N) is 1. The molecule has 0 radical (unpaired) electrons. The van der Waals surface area contributed by atoms with E-state index in [2.05, 4.69) is 16.8 Å². The van der Waals surface area contributed by atoms with Gasteiger partial charge in [-0.25, -0.2) is 0 Å². The van der Waals surface area contributed by atoms with Crippen LogP contribution in [-0.2, 0) is 0 Å². The first-order valence-corrected chi connectivity index (χ1v) is 5.31. The minimum Gasteiger partial charge on any atom is -0.395 e. The number of hydrogen-bond acceptors (Lipinski definition) is 3. The van der Waals surface area contributed by atoms with Gasteiger partial charge < -0.3 is 10.0 Å². The summed E-state index contributed by atoms with van der Waals surface area (Å²) < 4.78 is 0. The highest BCUT2D eigenvalue weighted by Gasteiger charge is 2.46. The van der Waals surface area contributed by atoms with E-state index in [0.29, 0.717) is 12.1 Å². The van der Waals surface area contributed by atoms with E-state index < -0.39 is 0 Å². The number of nitrogens with zero attached hydrogens (tertiary/aromatic N) is 2. The smallest absolute Gasteiger partial charge is 0.0558 e. The molecule has 13 heavy (non-hydrogen) atoms. The molecule has 0 aromatic heterocycles. The quantitative estimate of drug-likeness (QED) is 0.662. The minimum atomic E-state index is 0.311. The van der Waals surface area contributed by atoms with Crippen LogP contribution in [0.5, 0.6) is 0 Å². The molecular formula is C10H20N2O. The molecule has 0 saturated carbocycles. The third-order valence-electron chi connectivity index (χ3n) is 3.49. The normalized spacial score (nSPS) is 29.1. The lowest BCUT2D eigenvalue weighted by Gasteiger charge is -2.57. The molecule has 0 amide bonds. The van der Waals surface area contributed by atoms with Gasteiger partial charge >= 0.3 is 0 Å². The van der Waals surface area contributed by atoms with E-state index in [1.807, 2.05) is 0 Å². The standard InChI is InChI=1S/C10H20N2O/c1-11-8-10(9-11)4-2-3-5-12(10)6-7-13/h13H,2-9H2,1H3. The highest BCUT2D eigenvalue weighted by molar-refractivity contribution is 5.04. The van der Waals surface area contributed by atoms with Gasteiger partial charge in [0.2, 0.25) is 0 Å². The van der Waals surface area contributed by atoms with Crippen molar-refractivity contribution in [3.63, 3.8) is 0 Å². The summed E-state index contributed by atoms with van der Waals surface area (Å²) in [5.74, 6) is 0. The number of likely N-dealkylation sites (N-methyl/N-ethyl adjacent to an activating group) is 1. The van der Waals surface area contributed by atoms with Crippen molar-refractivity contribution in [1.82, 2.24) is 9.80 Å². The Morgan fingerprint density at radius 2 is 2.08 bits per heavy atom. The molecule has 1 spiro atoms. The van der Waals surface area contributed by atoms with E-state index in [1.165, 1.54) is 38.9 Å². The van der Waals surface area contributed by atoms with Crippen LogP contribution < -0.4 is 0 Å². The lowest BCUT2D eigenvalue weighted by atomic mass is 9.80. The number of aliphatic hydroxyl groups is 1. The monoisotopic (exact) mass is 184 g/mol. The summed E-state index contributed by atoms with van der Waals surface area (Å²) in [6, 6.07) is 0. The molecule has 2 aliphatic rings. The number of rotatable bonds is 2. The molecule has 0 bridgehead atoms. The van der Waals surface area contributed by atoms with Gasteiger partial charge in [-0.1, -0.05) is 6.42 Å². The van der Waals surface area contributed by atoms with E-state index in [0.717, 1.165) is 6.54 Å². The Morgan fingerprint density at radius 1 is 1.31 bits per heavy atom. The van der Waals surface area contributed by atoms with Gasteiger partial charge in [-0.15, -0.1) is 0 Å². The summed E-state index contributed by atoms with van der Waals surface area (Å²) in [4.78, 5) is 4.87. The number of piperidine rings is 1.